The van der Waals surface area contributed by atoms with Gasteiger partial charge in [-0.05, 0) is 69.6 Å². The zero-order valence-electron chi connectivity index (χ0n) is 11.9. The molecule has 0 N–H and O–H groups in total. The monoisotopic (exact) mass is 263 g/mol. The van der Waals surface area contributed by atoms with Gasteiger partial charge in [-0.2, -0.15) is 0 Å². The van der Waals surface area contributed by atoms with Crippen molar-refractivity contribution in [3.63, 3.8) is 0 Å². The summed E-state index contributed by atoms with van der Waals surface area (Å²) in [5, 5.41) is 0. The first-order valence-corrected chi connectivity index (χ1v) is 8.09. The van der Waals surface area contributed by atoms with E-state index in [1.165, 1.54) is 38.5 Å². The first-order valence-electron chi connectivity index (χ1n) is 8.09. The summed E-state index contributed by atoms with van der Waals surface area (Å²) in [7, 11) is 0. The van der Waals surface area contributed by atoms with Gasteiger partial charge in [0.1, 0.15) is 6.23 Å². The molecule has 4 saturated carbocycles. The summed E-state index contributed by atoms with van der Waals surface area (Å²) in [6, 6.07) is 0. The lowest BCUT2D eigenvalue weighted by Gasteiger charge is -2.57. The second kappa shape index (κ2) is 4.21. The van der Waals surface area contributed by atoms with E-state index in [4.69, 9.17) is 4.74 Å². The van der Waals surface area contributed by atoms with Crippen molar-refractivity contribution >= 4 is 5.91 Å². The third-order valence-electron chi connectivity index (χ3n) is 6.09. The summed E-state index contributed by atoms with van der Waals surface area (Å²) < 4.78 is 5.68. The Balaban J connectivity index is 1.59. The van der Waals surface area contributed by atoms with Crippen molar-refractivity contribution in [3.05, 3.63) is 0 Å². The Hall–Kier alpha value is -0.570. The zero-order valence-corrected chi connectivity index (χ0v) is 11.9. The summed E-state index contributed by atoms with van der Waals surface area (Å²) in [6.07, 6.45) is 8.70. The molecule has 4 aliphatic carbocycles. The fourth-order valence-electron chi connectivity index (χ4n) is 5.70. The highest BCUT2D eigenvalue weighted by atomic mass is 16.5. The van der Waals surface area contributed by atoms with Crippen molar-refractivity contribution < 1.29 is 9.53 Å². The molecule has 5 aliphatic rings. The Morgan fingerprint density at radius 2 is 1.68 bits per heavy atom. The molecule has 1 aliphatic heterocycles. The zero-order chi connectivity index (χ0) is 13.0. The SMILES string of the molecule is CC1OCCCN1C(=O)C12CC3CC(CC(C3)C1)C2. The van der Waals surface area contributed by atoms with Gasteiger partial charge in [-0.25, -0.2) is 0 Å². The average Bonchev–Trinajstić information content (AvgIpc) is 2.37. The number of ether oxygens (including phenoxy) is 1. The Morgan fingerprint density at radius 3 is 2.21 bits per heavy atom. The Kier molecular flexibility index (Phi) is 2.70. The molecular weight excluding hydrogens is 238 g/mol. The maximum Gasteiger partial charge on any atom is 0.230 e. The Labute approximate surface area is 115 Å². The van der Waals surface area contributed by atoms with Crippen LogP contribution in [0.3, 0.4) is 0 Å². The molecule has 0 aromatic heterocycles. The van der Waals surface area contributed by atoms with Gasteiger partial charge in [-0.3, -0.25) is 4.79 Å². The summed E-state index contributed by atoms with van der Waals surface area (Å²) >= 11 is 0. The molecule has 5 rings (SSSR count). The number of carbonyl (C=O) groups excluding carboxylic acids is 1. The lowest BCUT2D eigenvalue weighted by Crippen LogP contribution is -2.57. The van der Waals surface area contributed by atoms with Gasteiger partial charge < -0.3 is 9.64 Å². The Morgan fingerprint density at radius 1 is 1.11 bits per heavy atom. The van der Waals surface area contributed by atoms with Crippen LogP contribution in [0, 0.1) is 23.2 Å². The minimum absolute atomic E-state index is 0.00368. The molecule has 1 saturated heterocycles. The number of amides is 1. The number of carbonyl (C=O) groups is 1. The van der Waals surface area contributed by atoms with Crippen LogP contribution in [0.1, 0.15) is 51.9 Å². The van der Waals surface area contributed by atoms with Crippen molar-refractivity contribution in [2.24, 2.45) is 23.2 Å². The van der Waals surface area contributed by atoms with E-state index in [0.29, 0.717) is 5.91 Å². The van der Waals surface area contributed by atoms with Gasteiger partial charge in [0.2, 0.25) is 5.91 Å². The van der Waals surface area contributed by atoms with Crippen LogP contribution in [0.25, 0.3) is 0 Å². The van der Waals surface area contributed by atoms with Crippen LogP contribution in [0.15, 0.2) is 0 Å². The van der Waals surface area contributed by atoms with Gasteiger partial charge in [0.25, 0.3) is 0 Å². The molecule has 1 atom stereocenters. The molecule has 5 fully saturated rings. The van der Waals surface area contributed by atoms with Crippen LogP contribution in [0.4, 0.5) is 0 Å². The first kappa shape index (κ1) is 12.2. The molecule has 1 unspecified atom stereocenters. The van der Waals surface area contributed by atoms with Crippen molar-refractivity contribution in [2.75, 3.05) is 13.2 Å². The van der Waals surface area contributed by atoms with Crippen molar-refractivity contribution in [1.29, 1.82) is 0 Å². The molecule has 106 valence electrons. The van der Waals surface area contributed by atoms with Gasteiger partial charge in [0.05, 0.1) is 12.0 Å². The maximum absolute atomic E-state index is 13.1. The lowest BCUT2D eigenvalue weighted by molar-refractivity contribution is -0.176. The van der Waals surface area contributed by atoms with Crippen LogP contribution in [-0.2, 0) is 9.53 Å². The molecule has 3 heteroatoms. The van der Waals surface area contributed by atoms with Crippen LogP contribution in [-0.4, -0.2) is 30.2 Å². The third kappa shape index (κ3) is 1.84. The van der Waals surface area contributed by atoms with Crippen LogP contribution >= 0.6 is 0 Å². The third-order valence-corrected chi connectivity index (χ3v) is 6.09. The van der Waals surface area contributed by atoms with E-state index < -0.39 is 0 Å². The molecule has 1 amide bonds. The molecule has 1 heterocycles. The maximum atomic E-state index is 13.1. The highest BCUT2D eigenvalue weighted by molar-refractivity contribution is 5.83. The van der Waals surface area contributed by atoms with E-state index in [1.54, 1.807) is 0 Å². The Bertz CT molecular complexity index is 357. The average molecular weight is 263 g/mol. The van der Waals surface area contributed by atoms with Crippen LogP contribution in [0.5, 0.6) is 0 Å². The van der Waals surface area contributed by atoms with Gasteiger partial charge >= 0.3 is 0 Å². The minimum Gasteiger partial charge on any atom is -0.359 e. The van der Waals surface area contributed by atoms with E-state index in [2.05, 4.69) is 0 Å². The normalized spacial score (nSPS) is 48.6. The molecular formula is C16H25NO2. The fourth-order valence-corrected chi connectivity index (χ4v) is 5.70. The summed E-state index contributed by atoms with van der Waals surface area (Å²) in [4.78, 5) is 15.1. The smallest absolute Gasteiger partial charge is 0.230 e. The van der Waals surface area contributed by atoms with Crippen molar-refractivity contribution in [2.45, 2.75) is 58.1 Å². The molecule has 3 nitrogen and oxygen atoms in total. The minimum atomic E-state index is -0.00532. The van der Waals surface area contributed by atoms with Crippen LogP contribution in [0.2, 0.25) is 0 Å². The summed E-state index contributed by atoms with van der Waals surface area (Å²) in [5.41, 5.74) is 0.00368. The number of rotatable bonds is 1. The van der Waals surface area contributed by atoms with E-state index in [0.717, 1.165) is 37.3 Å². The molecule has 0 aromatic rings. The molecule has 4 bridgehead atoms. The van der Waals surface area contributed by atoms with Crippen molar-refractivity contribution in [3.8, 4) is 0 Å². The summed E-state index contributed by atoms with van der Waals surface area (Å²) in [6.45, 7) is 3.76. The van der Waals surface area contributed by atoms with E-state index >= 15 is 0 Å². The van der Waals surface area contributed by atoms with Gasteiger partial charge in [0.15, 0.2) is 0 Å². The standard InChI is InChI=1S/C16H25NO2/c1-11-17(3-2-4-19-11)15(18)16-8-12-5-13(9-16)7-14(6-12)10-16/h11-14H,2-10H2,1H3. The molecule has 0 spiro atoms. The quantitative estimate of drug-likeness (QED) is 0.728. The van der Waals surface area contributed by atoms with E-state index in [9.17, 15) is 4.79 Å². The second-order valence-electron chi connectivity index (χ2n) is 7.52. The van der Waals surface area contributed by atoms with E-state index in [1.807, 2.05) is 11.8 Å². The molecule has 19 heavy (non-hydrogen) atoms. The highest BCUT2D eigenvalue weighted by Crippen LogP contribution is 2.60. The highest BCUT2D eigenvalue weighted by Gasteiger charge is 2.56. The second-order valence-corrected chi connectivity index (χ2v) is 7.52. The molecule has 0 aromatic carbocycles. The van der Waals surface area contributed by atoms with Crippen molar-refractivity contribution in [1.82, 2.24) is 4.90 Å². The van der Waals surface area contributed by atoms with Crippen LogP contribution < -0.4 is 0 Å². The summed E-state index contributed by atoms with van der Waals surface area (Å²) in [5.74, 6) is 2.96. The largest absolute Gasteiger partial charge is 0.359 e. The molecule has 0 radical (unpaired) electrons. The first-order chi connectivity index (χ1) is 9.16. The number of hydrogen-bond acceptors (Lipinski definition) is 2. The predicted molar refractivity (Wildman–Crippen MR) is 72.3 cm³/mol. The fraction of sp³-hybridized carbons (Fsp3) is 0.938. The van der Waals surface area contributed by atoms with E-state index in [-0.39, 0.29) is 11.6 Å². The lowest BCUT2D eigenvalue weighted by atomic mass is 9.49. The van der Waals surface area contributed by atoms with Gasteiger partial charge in [-0.15, -0.1) is 0 Å². The number of nitrogens with zero attached hydrogens (tertiary/aromatic N) is 1. The van der Waals surface area contributed by atoms with Gasteiger partial charge in [0, 0.05) is 6.54 Å². The number of hydrogen-bond donors (Lipinski definition) is 0. The van der Waals surface area contributed by atoms with Gasteiger partial charge in [-0.1, -0.05) is 0 Å². The topological polar surface area (TPSA) is 29.5 Å². The predicted octanol–water partition coefficient (Wildman–Crippen LogP) is 2.80.